The van der Waals surface area contributed by atoms with Crippen molar-refractivity contribution >= 4 is 10.0 Å². The van der Waals surface area contributed by atoms with Gasteiger partial charge < -0.3 is 10.2 Å². The summed E-state index contributed by atoms with van der Waals surface area (Å²) in [6.45, 7) is 0.185. The Kier molecular flexibility index (Phi) is 3.37. The van der Waals surface area contributed by atoms with Crippen molar-refractivity contribution in [2.24, 2.45) is 5.73 Å². The number of nitrogens with two attached hydrogens (primary N) is 1. The SMILES string of the molecule is NCc1ccc(S(=O)(=O)NC2Cc3ccccc3C2)o1. The Bertz CT molecular complexity index is 697. The molecular weight excluding hydrogens is 276 g/mol. The van der Waals surface area contributed by atoms with Crippen molar-refractivity contribution in [2.75, 3.05) is 0 Å². The van der Waals surface area contributed by atoms with E-state index in [1.165, 1.54) is 17.2 Å². The fourth-order valence-electron chi connectivity index (χ4n) is 2.53. The summed E-state index contributed by atoms with van der Waals surface area (Å²) in [5.41, 5.74) is 7.81. The molecule has 2 aromatic rings. The Morgan fingerprint density at radius 2 is 1.80 bits per heavy atom. The second-order valence-corrected chi connectivity index (χ2v) is 6.56. The highest BCUT2D eigenvalue weighted by Gasteiger charge is 2.27. The van der Waals surface area contributed by atoms with Crippen molar-refractivity contribution in [3.63, 3.8) is 0 Å². The predicted molar refractivity (Wildman–Crippen MR) is 74.6 cm³/mol. The van der Waals surface area contributed by atoms with Crippen LogP contribution in [0, 0.1) is 0 Å². The standard InChI is InChI=1S/C14H16N2O3S/c15-9-13-5-6-14(19-13)20(17,18)16-12-7-10-3-1-2-4-11(10)8-12/h1-6,12,16H,7-9,15H2. The van der Waals surface area contributed by atoms with Crippen molar-refractivity contribution in [3.05, 3.63) is 53.3 Å². The van der Waals surface area contributed by atoms with Crippen LogP contribution in [-0.4, -0.2) is 14.5 Å². The normalized spacial score (nSPS) is 15.4. The first kappa shape index (κ1) is 13.4. The highest BCUT2D eigenvalue weighted by atomic mass is 32.2. The molecule has 5 nitrogen and oxygen atoms in total. The molecule has 0 fully saturated rings. The zero-order valence-corrected chi connectivity index (χ0v) is 11.7. The summed E-state index contributed by atoms with van der Waals surface area (Å²) in [4.78, 5) is 0. The number of nitrogens with one attached hydrogen (secondary N) is 1. The molecule has 0 radical (unpaired) electrons. The number of hydrogen-bond donors (Lipinski definition) is 2. The average molecular weight is 292 g/mol. The zero-order chi connectivity index (χ0) is 14.2. The molecule has 1 aliphatic carbocycles. The topological polar surface area (TPSA) is 85.3 Å². The molecule has 0 saturated carbocycles. The highest BCUT2D eigenvalue weighted by Crippen LogP contribution is 2.23. The van der Waals surface area contributed by atoms with E-state index in [2.05, 4.69) is 4.72 Å². The Morgan fingerprint density at radius 1 is 1.15 bits per heavy atom. The van der Waals surface area contributed by atoms with E-state index in [0.717, 1.165) is 0 Å². The van der Waals surface area contributed by atoms with Gasteiger partial charge in [0.1, 0.15) is 5.76 Å². The third-order valence-electron chi connectivity index (χ3n) is 3.48. The van der Waals surface area contributed by atoms with Gasteiger partial charge in [0.15, 0.2) is 0 Å². The van der Waals surface area contributed by atoms with Gasteiger partial charge in [-0.15, -0.1) is 0 Å². The van der Waals surface area contributed by atoms with Crippen LogP contribution < -0.4 is 10.5 Å². The van der Waals surface area contributed by atoms with Crippen LogP contribution in [0.25, 0.3) is 0 Å². The van der Waals surface area contributed by atoms with Gasteiger partial charge in [-0.1, -0.05) is 24.3 Å². The minimum Gasteiger partial charge on any atom is -0.447 e. The number of fused-ring (bicyclic) bond motifs is 1. The molecule has 0 aliphatic heterocycles. The molecule has 0 amide bonds. The molecule has 0 bridgehead atoms. The van der Waals surface area contributed by atoms with Gasteiger partial charge in [0.25, 0.3) is 10.0 Å². The van der Waals surface area contributed by atoms with Gasteiger partial charge >= 0.3 is 0 Å². The van der Waals surface area contributed by atoms with E-state index in [4.69, 9.17) is 10.2 Å². The van der Waals surface area contributed by atoms with E-state index in [-0.39, 0.29) is 17.7 Å². The van der Waals surface area contributed by atoms with Crippen molar-refractivity contribution in [1.29, 1.82) is 0 Å². The molecule has 106 valence electrons. The molecule has 1 aliphatic rings. The summed E-state index contributed by atoms with van der Waals surface area (Å²) in [6, 6.07) is 10.9. The van der Waals surface area contributed by atoms with Crippen LogP contribution in [0.5, 0.6) is 0 Å². The van der Waals surface area contributed by atoms with Crippen LogP contribution in [0.2, 0.25) is 0 Å². The van der Waals surface area contributed by atoms with Gasteiger partial charge in [-0.25, -0.2) is 13.1 Å². The molecule has 20 heavy (non-hydrogen) atoms. The first-order valence-corrected chi connectivity index (χ1v) is 7.95. The van der Waals surface area contributed by atoms with Crippen LogP contribution in [0.15, 0.2) is 45.9 Å². The Hall–Kier alpha value is -1.63. The van der Waals surface area contributed by atoms with E-state index in [1.54, 1.807) is 6.07 Å². The first-order valence-electron chi connectivity index (χ1n) is 6.46. The Labute approximate surface area is 117 Å². The lowest BCUT2D eigenvalue weighted by Gasteiger charge is -2.10. The van der Waals surface area contributed by atoms with E-state index < -0.39 is 10.0 Å². The summed E-state index contributed by atoms with van der Waals surface area (Å²) in [5, 5.41) is -0.0751. The molecule has 3 rings (SSSR count). The number of benzene rings is 1. The quantitative estimate of drug-likeness (QED) is 0.886. The predicted octanol–water partition coefficient (Wildman–Crippen LogP) is 1.18. The Morgan fingerprint density at radius 3 is 2.35 bits per heavy atom. The largest absolute Gasteiger partial charge is 0.447 e. The lowest BCUT2D eigenvalue weighted by molar-refractivity contribution is 0.410. The molecule has 3 N–H and O–H groups in total. The lowest BCUT2D eigenvalue weighted by Crippen LogP contribution is -2.35. The van der Waals surface area contributed by atoms with Crippen molar-refractivity contribution in [1.82, 2.24) is 4.72 Å². The maximum absolute atomic E-state index is 12.2. The molecule has 0 unspecified atom stereocenters. The van der Waals surface area contributed by atoms with Crippen LogP contribution in [-0.2, 0) is 29.4 Å². The Balaban J connectivity index is 1.75. The molecule has 0 saturated heterocycles. The van der Waals surface area contributed by atoms with E-state index in [0.29, 0.717) is 18.6 Å². The van der Waals surface area contributed by atoms with Gasteiger partial charge in [-0.05, 0) is 36.1 Å². The molecular formula is C14H16N2O3S. The minimum atomic E-state index is -3.62. The molecule has 1 heterocycles. The maximum Gasteiger partial charge on any atom is 0.274 e. The molecule has 0 atom stereocenters. The highest BCUT2D eigenvalue weighted by molar-refractivity contribution is 7.89. The monoisotopic (exact) mass is 292 g/mol. The summed E-state index contributed by atoms with van der Waals surface area (Å²) in [5.74, 6) is 0.458. The minimum absolute atomic E-state index is 0.0751. The molecule has 1 aromatic carbocycles. The molecule has 6 heteroatoms. The summed E-state index contributed by atoms with van der Waals surface area (Å²) in [6.07, 6.45) is 1.42. The second kappa shape index (κ2) is 5.05. The van der Waals surface area contributed by atoms with E-state index in [1.807, 2.05) is 24.3 Å². The van der Waals surface area contributed by atoms with Gasteiger partial charge in [0.05, 0.1) is 6.54 Å². The lowest BCUT2D eigenvalue weighted by atomic mass is 10.1. The van der Waals surface area contributed by atoms with Crippen molar-refractivity contribution < 1.29 is 12.8 Å². The average Bonchev–Trinajstić information content (AvgIpc) is 3.04. The molecule has 1 aromatic heterocycles. The zero-order valence-electron chi connectivity index (χ0n) is 10.9. The fraction of sp³-hybridized carbons (Fsp3) is 0.286. The third-order valence-corrected chi connectivity index (χ3v) is 4.87. The summed E-state index contributed by atoms with van der Waals surface area (Å²) in [7, 11) is -3.62. The fourth-order valence-corrected chi connectivity index (χ4v) is 3.72. The summed E-state index contributed by atoms with van der Waals surface area (Å²) < 4.78 is 32.3. The van der Waals surface area contributed by atoms with Gasteiger partial charge in [0, 0.05) is 6.04 Å². The van der Waals surface area contributed by atoms with Crippen molar-refractivity contribution in [2.45, 2.75) is 30.5 Å². The second-order valence-electron chi connectivity index (χ2n) is 4.92. The number of rotatable bonds is 4. The number of hydrogen-bond acceptors (Lipinski definition) is 4. The van der Waals surface area contributed by atoms with Crippen LogP contribution in [0.4, 0.5) is 0 Å². The number of furan rings is 1. The van der Waals surface area contributed by atoms with Crippen LogP contribution >= 0.6 is 0 Å². The van der Waals surface area contributed by atoms with Gasteiger partial charge in [-0.3, -0.25) is 0 Å². The first-order chi connectivity index (χ1) is 9.58. The van der Waals surface area contributed by atoms with Crippen LogP contribution in [0.3, 0.4) is 0 Å². The summed E-state index contributed by atoms with van der Waals surface area (Å²) >= 11 is 0. The van der Waals surface area contributed by atoms with Gasteiger partial charge in [0.2, 0.25) is 5.09 Å². The maximum atomic E-state index is 12.2. The van der Waals surface area contributed by atoms with E-state index >= 15 is 0 Å². The third kappa shape index (κ3) is 2.49. The van der Waals surface area contributed by atoms with Gasteiger partial charge in [-0.2, -0.15) is 0 Å². The smallest absolute Gasteiger partial charge is 0.274 e. The number of sulfonamides is 1. The molecule has 0 spiro atoms. The van der Waals surface area contributed by atoms with Crippen molar-refractivity contribution in [3.8, 4) is 0 Å². The van der Waals surface area contributed by atoms with Crippen LogP contribution in [0.1, 0.15) is 16.9 Å². The van der Waals surface area contributed by atoms with E-state index in [9.17, 15) is 8.42 Å².